The summed E-state index contributed by atoms with van der Waals surface area (Å²) in [5, 5.41) is 18.0. The first-order valence-electron chi connectivity index (χ1n) is 9.63. The summed E-state index contributed by atoms with van der Waals surface area (Å²) < 4.78 is 0. The van der Waals surface area contributed by atoms with E-state index < -0.39 is 23.5 Å². The van der Waals surface area contributed by atoms with Gasteiger partial charge in [-0.1, -0.05) is 12.8 Å². The molecule has 0 bridgehead atoms. The van der Waals surface area contributed by atoms with Crippen molar-refractivity contribution in [3.8, 4) is 0 Å². The van der Waals surface area contributed by atoms with Gasteiger partial charge in [-0.3, -0.25) is 9.59 Å². The highest BCUT2D eigenvalue weighted by Crippen LogP contribution is 2.50. The first kappa shape index (κ1) is 19.5. The van der Waals surface area contributed by atoms with Crippen molar-refractivity contribution in [1.29, 1.82) is 0 Å². The second kappa shape index (κ2) is 8.21. The van der Waals surface area contributed by atoms with Crippen molar-refractivity contribution in [3.05, 3.63) is 0 Å². The highest BCUT2D eigenvalue weighted by Gasteiger charge is 2.56. The van der Waals surface area contributed by atoms with Crippen LogP contribution >= 0.6 is 0 Å². The first-order chi connectivity index (χ1) is 12.5. The zero-order chi connectivity index (χ0) is 18.6. The van der Waals surface area contributed by atoms with E-state index in [1.165, 1.54) is 0 Å². The number of rotatable bonds is 6. The maximum absolute atomic E-state index is 10.9. The Morgan fingerprint density at radius 3 is 1.46 bits per heavy atom. The van der Waals surface area contributed by atoms with Crippen molar-refractivity contribution in [3.63, 3.8) is 0 Å². The van der Waals surface area contributed by atoms with Crippen LogP contribution in [0.2, 0.25) is 0 Å². The number of carboxylic acid groups (broad SMARTS) is 2. The van der Waals surface area contributed by atoms with Gasteiger partial charge in [0.1, 0.15) is 0 Å². The van der Waals surface area contributed by atoms with E-state index in [4.69, 9.17) is 29.8 Å². The van der Waals surface area contributed by atoms with Crippen molar-refractivity contribution in [2.45, 2.75) is 88.6 Å². The van der Waals surface area contributed by atoms with Crippen molar-refractivity contribution < 1.29 is 39.4 Å². The maximum Gasteiger partial charge on any atom is 0.303 e. The zero-order valence-corrected chi connectivity index (χ0v) is 15.0. The molecule has 148 valence electrons. The number of hydrogen-bond acceptors (Lipinski definition) is 6. The van der Waals surface area contributed by atoms with Gasteiger partial charge in [-0.2, -0.15) is 19.6 Å². The van der Waals surface area contributed by atoms with Crippen LogP contribution in [0.15, 0.2) is 0 Å². The van der Waals surface area contributed by atoms with E-state index in [0.717, 1.165) is 38.5 Å². The minimum atomic E-state index is -1.06. The normalized spacial score (nSPS) is 37.7. The summed E-state index contributed by atoms with van der Waals surface area (Å²) >= 11 is 0. The number of aliphatic carboxylic acids is 2. The summed E-state index contributed by atoms with van der Waals surface area (Å²) in [6.45, 7) is 0. The molecule has 0 aromatic rings. The molecular formula is C18H28O8. The van der Waals surface area contributed by atoms with Crippen LogP contribution in [0.4, 0.5) is 0 Å². The largest absolute Gasteiger partial charge is 0.481 e. The molecule has 2 spiro atoms. The van der Waals surface area contributed by atoms with Crippen LogP contribution in [-0.4, -0.2) is 33.7 Å². The minimum Gasteiger partial charge on any atom is -0.481 e. The third-order valence-corrected chi connectivity index (χ3v) is 5.96. The van der Waals surface area contributed by atoms with Crippen LogP contribution in [0.1, 0.15) is 77.0 Å². The minimum absolute atomic E-state index is 0.0471. The molecule has 8 heteroatoms. The molecule has 3 rings (SSSR count). The lowest BCUT2D eigenvalue weighted by Crippen LogP contribution is -2.58. The van der Waals surface area contributed by atoms with E-state index in [0.29, 0.717) is 25.7 Å². The predicted molar refractivity (Wildman–Crippen MR) is 87.5 cm³/mol. The molecule has 8 nitrogen and oxygen atoms in total. The Hall–Kier alpha value is -1.22. The smallest absolute Gasteiger partial charge is 0.303 e. The fraction of sp³-hybridized carbons (Fsp3) is 0.889. The van der Waals surface area contributed by atoms with Crippen LogP contribution < -0.4 is 0 Å². The molecule has 1 heterocycles. The summed E-state index contributed by atoms with van der Waals surface area (Å²) in [5.74, 6) is -4.03. The predicted octanol–water partition coefficient (Wildman–Crippen LogP) is 3.40. The van der Waals surface area contributed by atoms with Gasteiger partial charge in [0.2, 0.25) is 11.6 Å². The molecule has 1 saturated heterocycles. The Bertz CT molecular complexity index is 465. The molecule has 26 heavy (non-hydrogen) atoms. The molecule has 0 aromatic carbocycles. The molecule has 0 unspecified atom stereocenters. The lowest BCUT2D eigenvalue weighted by Gasteiger charge is -2.51. The first-order valence-corrected chi connectivity index (χ1v) is 9.63. The standard InChI is InChI=1S/C18H28O8/c19-15(20)9-7-13-5-1-3-11-17(13)23-25-18(26-24-17)12-4-2-6-14(18)8-10-16(21)22/h13-14H,1-12H2,(H,19,20)(H,21,22)/t13-,14+,17?,18?. The van der Waals surface area contributed by atoms with Gasteiger partial charge >= 0.3 is 11.9 Å². The third-order valence-electron chi connectivity index (χ3n) is 5.96. The third kappa shape index (κ3) is 4.19. The van der Waals surface area contributed by atoms with Gasteiger partial charge in [0, 0.05) is 37.5 Å². The summed E-state index contributed by atoms with van der Waals surface area (Å²) in [5.41, 5.74) is 0. The van der Waals surface area contributed by atoms with Gasteiger partial charge < -0.3 is 10.2 Å². The fourth-order valence-electron chi connectivity index (χ4n) is 4.44. The summed E-state index contributed by atoms with van der Waals surface area (Å²) in [4.78, 5) is 45.0. The quantitative estimate of drug-likeness (QED) is 0.682. The molecule has 0 amide bonds. The zero-order valence-electron chi connectivity index (χ0n) is 15.0. The average Bonchev–Trinajstić information content (AvgIpc) is 2.63. The molecule has 3 fully saturated rings. The van der Waals surface area contributed by atoms with Gasteiger partial charge in [0.25, 0.3) is 0 Å². The number of hydrogen-bond donors (Lipinski definition) is 2. The molecule has 3 aliphatic rings. The molecule has 2 saturated carbocycles. The molecule has 2 aliphatic carbocycles. The van der Waals surface area contributed by atoms with Crippen LogP contribution in [0.25, 0.3) is 0 Å². The summed E-state index contributed by atoms with van der Waals surface area (Å²) in [6.07, 6.45) is 7.53. The number of carbonyl (C=O) groups is 2. The Balaban J connectivity index is 1.66. The van der Waals surface area contributed by atoms with Crippen molar-refractivity contribution in [2.75, 3.05) is 0 Å². The second-order valence-electron chi connectivity index (χ2n) is 7.71. The van der Waals surface area contributed by atoms with Gasteiger partial charge in [0.15, 0.2) is 0 Å². The number of carboxylic acids is 2. The van der Waals surface area contributed by atoms with E-state index in [2.05, 4.69) is 0 Å². The maximum atomic E-state index is 10.9. The van der Waals surface area contributed by atoms with E-state index in [1.54, 1.807) is 0 Å². The molecule has 2 atom stereocenters. The topological polar surface area (TPSA) is 112 Å². The van der Waals surface area contributed by atoms with E-state index in [9.17, 15) is 9.59 Å². The van der Waals surface area contributed by atoms with Crippen LogP contribution in [0.3, 0.4) is 0 Å². The molecule has 2 N–H and O–H groups in total. The lowest BCUT2D eigenvalue weighted by molar-refractivity contribution is -0.675. The summed E-state index contributed by atoms with van der Waals surface area (Å²) in [7, 11) is 0. The van der Waals surface area contributed by atoms with Gasteiger partial charge in [-0.05, 0) is 38.5 Å². The van der Waals surface area contributed by atoms with E-state index >= 15 is 0 Å². The molecular weight excluding hydrogens is 344 g/mol. The molecule has 0 aromatic heterocycles. The Morgan fingerprint density at radius 1 is 0.731 bits per heavy atom. The Labute approximate surface area is 152 Å². The van der Waals surface area contributed by atoms with E-state index in [1.807, 2.05) is 0 Å². The van der Waals surface area contributed by atoms with Gasteiger partial charge in [-0.25, -0.2) is 0 Å². The highest BCUT2D eigenvalue weighted by atomic mass is 17.4. The SMILES string of the molecule is O=C(O)CC[C@H]1CCCCC12OOC1(CCCC[C@H]1CCC(=O)O)OO2. The lowest BCUT2D eigenvalue weighted by atomic mass is 9.79. The van der Waals surface area contributed by atoms with Crippen molar-refractivity contribution in [1.82, 2.24) is 0 Å². The second-order valence-corrected chi connectivity index (χ2v) is 7.71. The highest BCUT2D eigenvalue weighted by molar-refractivity contribution is 5.66. The van der Waals surface area contributed by atoms with Gasteiger partial charge in [-0.15, -0.1) is 0 Å². The van der Waals surface area contributed by atoms with Gasteiger partial charge in [0.05, 0.1) is 0 Å². The van der Waals surface area contributed by atoms with E-state index in [-0.39, 0.29) is 24.7 Å². The van der Waals surface area contributed by atoms with Crippen LogP contribution in [-0.2, 0) is 29.1 Å². The Kier molecular flexibility index (Phi) is 6.17. The van der Waals surface area contributed by atoms with Crippen molar-refractivity contribution >= 4 is 11.9 Å². The fourth-order valence-corrected chi connectivity index (χ4v) is 4.44. The van der Waals surface area contributed by atoms with Crippen LogP contribution in [0.5, 0.6) is 0 Å². The van der Waals surface area contributed by atoms with Crippen LogP contribution in [0, 0.1) is 11.8 Å². The molecule has 0 radical (unpaired) electrons. The monoisotopic (exact) mass is 372 g/mol. The average molecular weight is 372 g/mol. The molecule has 1 aliphatic heterocycles. The Morgan fingerprint density at radius 2 is 1.12 bits per heavy atom. The van der Waals surface area contributed by atoms with Crippen molar-refractivity contribution in [2.24, 2.45) is 11.8 Å². The summed E-state index contributed by atoms with van der Waals surface area (Å²) in [6, 6.07) is 0.